The minimum atomic E-state index is -1.42. The van der Waals surface area contributed by atoms with Crippen molar-refractivity contribution in [2.45, 2.75) is 122 Å². The highest BCUT2D eigenvalue weighted by Gasteiger charge is 2.57. The number of nitrogens with one attached hydrogen (secondary N) is 1. The van der Waals surface area contributed by atoms with Crippen molar-refractivity contribution in [2.75, 3.05) is 21.2 Å². The number of esters is 1. The molecule has 2 unspecified atom stereocenters. The number of carbonyl (C=O) groups is 4. The lowest BCUT2D eigenvalue weighted by Gasteiger charge is -2.45. The highest BCUT2D eigenvalue weighted by Crippen LogP contribution is 2.39. The van der Waals surface area contributed by atoms with Crippen molar-refractivity contribution in [3.63, 3.8) is 0 Å². The Balaban J connectivity index is 1.58. The number of fused-ring (bicyclic) bond motifs is 2. The third kappa shape index (κ3) is 8.81. The van der Waals surface area contributed by atoms with E-state index in [0.29, 0.717) is 6.42 Å². The summed E-state index contributed by atoms with van der Waals surface area (Å²) in [6.07, 6.45) is 0.218. The minimum Gasteiger partial charge on any atom is -0.457 e. The summed E-state index contributed by atoms with van der Waals surface area (Å²) in [6, 6.07) is 8.57. The van der Waals surface area contributed by atoms with Crippen molar-refractivity contribution in [1.82, 2.24) is 15.2 Å². The van der Waals surface area contributed by atoms with Crippen LogP contribution in [0.25, 0.3) is 17.0 Å². The van der Waals surface area contributed by atoms with E-state index >= 15 is 0 Å². The van der Waals surface area contributed by atoms with Crippen molar-refractivity contribution in [3.8, 4) is 0 Å². The van der Waals surface area contributed by atoms with Crippen LogP contribution < -0.4 is 5.32 Å². The summed E-state index contributed by atoms with van der Waals surface area (Å²) in [4.78, 5) is 62.9. The minimum absolute atomic E-state index is 0.00810. The number of amides is 1. The first-order valence-corrected chi connectivity index (χ1v) is 19.5. The number of hydrogen-bond acceptors (Lipinski definition) is 12. The Morgan fingerprint density at radius 3 is 2.38 bits per heavy atom. The van der Waals surface area contributed by atoms with Gasteiger partial charge in [-0.05, 0) is 64.9 Å². The number of aliphatic hydroxyl groups excluding tert-OH is 1. The first kappa shape index (κ1) is 42.4. The van der Waals surface area contributed by atoms with Gasteiger partial charge in [0.25, 0.3) is 0 Å². The van der Waals surface area contributed by atoms with Crippen molar-refractivity contribution in [3.05, 3.63) is 48.2 Å². The molecule has 55 heavy (non-hydrogen) atoms. The lowest BCUT2D eigenvalue weighted by Crippen LogP contribution is -2.59. The van der Waals surface area contributed by atoms with Gasteiger partial charge in [-0.15, -0.1) is 0 Å². The molecule has 3 aliphatic rings. The van der Waals surface area contributed by atoms with Crippen LogP contribution in [0.3, 0.4) is 0 Å². The number of pyridine rings is 1. The van der Waals surface area contributed by atoms with Gasteiger partial charge in [0, 0.05) is 48.4 Å². The van der Waals surface area contributed by atoms with E-state index in [0.717, 1.165) is 16.5 Å². The fourth-order valence-corrected chi connectivity index (χ4v) is 8.91. The van der Waals surface area contributed by atoms with Gasteiger partial charge in [-0.2, -0.15) is 0 Å². The molecule has 5 rings (SSSR count). The largest absolute Gasteiger partial charge is 0.457 e. The zero-order valence-electron chi connectivity index (χ0n) is 33.8. The number of ether oxygens (including phenoxy) is 5. The predicted octanol–water partition coefficient (Wildman–Crippen LogP) is 4.97. The third-order valence-corrected chi connectivity index (χ3v) is 12.1. The molecule has 1 aromatic carbocycles. The topological polar surface area (TPSA) is 163 Å². The van der Waals surface area contributed by atoms with Gasteiger partial charge in [0.05, 0.1) is 29.9 Å². The monoisotopic (exact) mass is 765 g/mol. The number of benzene rings is 1. The maximum Gasteiger partial charge on any atom is 0.408 e. The van der Waals surface area contributed by atoms with Gasteiger partial charge in [-0.25, -0.2) is 4.79 Å². The van der Waals surface area contributed by atoms with Gasteiger partial charge in [0.1, 0.15) is 23.9 Å². The molecule has 1 aromatic heterocycles. The van der Waals surface area contributed by atoms with Crippen LogP contribution in [0.2, 0.25) is 0 Å². The van der Waals surface area contributed by atoms with Crippen LogP contribution in [-0.4, -0.2) is 114 Å². The number of aromatic nitrogens is 1. The fraction of sp³-hybridized carbons (Fsp3) is 0.643. The average Bonchev–Trinajstić information content (AvgIpc) is 3.47. The molecule has 0 bridgehead atoms. The van der Waals surface area contributed by atoms with Crippen molar-refractivity contribution < 1.29 is 48.0 Å². The smallest absolute Gasteiger partial charge is 0.408 e. The number of hydrogen-bond donors (Lipinski definition) is 2. The number of allylic oxidation sites excluding steroid dienone is 1. The molecule has 0 spiro atoms. The van der Waals surface area contributed by atoms with Gasteiger partial charge < -0.3 is 39.0 Å². The maximum atomic E-state index is 14.9. The van der Waals surface area contributed by atoms with Crippen LogP contribution >= 0.6 is 0 Å². The molecule has 3 fully saturated rings. The molecule has 3 aliphatic heterocycles. The zero-order valence-corrected chi connectivity index (χ0v) is 33.8. The molecule has 302 valence electrons. The first-order chi connectivity index (χ1) is 26.0. The Labute approximate surface area is 324 Å². The van der Waals surface area contributed by atoms with Gasteiger partial charge in [0.15, 0.2) is 17.7 Å². The molecule has 3 saturated heterocycles. The number of para-hydroxylation sites is 1. The lowest BCUT2D eigenvalue weighted by molar-refractivity contribution is -0.281. The SMILES string of the molecule is CC[C@H]1OC(=O)C(C/C=C/c2cnc3ccccc3c2)C(=O)[C@H](C)[C@@H](O[C@@H]2O[C@H](C)C[C@H](N(C)C)[C@H]2O)[C@@H](C)[C@@H](OC)[C@@H](C)C(=O)[C@H](C)C2NC(=O)O[C@@]21C. The van der Waals surface area contributed by atoms with E-state index in [4.69, 9.17) is 23.7 Å². The summed E-state index contributed by atoms with van der Waals surface area (Å²) >= 11 is 0. The number of aliphatic hydroxyl groups is 1. The molecule has 14 atom stereocenters. The molecule has 2 aromatic rings. The van der Waals surface area contributed by atoms with E-state index in [1.54, 1.807) is 46.9 Å². The Hall–Kier alpha value is -3.75. The van der Waals surface area contributed by atoms with Crippen LogP contribution in [0, 0.1) is 29.6 Å². The molecule has 0 radical (unpaired) electrons. The first-order valence-electron chi connectivity index (χ1n) is 19.5. The zero-order chi connectivity index (χ0) is 40.4. The van der Waals surface area contributed by atoms with E-state index in [2.05, 4.69) is 10.3 Å². The highest BCUT2D eigenvalue weighted by atomic mass is 16.7. The van der Waals surface area contributed by atoms with Crippen molar-refractivity contribution in [2.24, 2.45) is 29.6 Å². The van der Waals surface area contributed by atoms with Crippen LogP contribution in [0.5, 0.6) is 0 Å². The van der Waals surface area contributed by atoms with Crippen LogP contribution in [-0.2, 0) is 38.1 Å². The molecule has 4 heterocycles. The van der Waals surface area contributed by atoms with Crippen LogP contribution in [0.1, 0.15) is 73.3 Å². The fourth-order valence-electron chi connectivity index (χ4n) is 8.91. The average molecular weight is 766 g/mol. The Morgan fingerprint density at radius 2 is 1.71 bits per heavy atom. The number of methoxy groups -OCH3 is 1. The van der Waals surface area contributed by atoms with E-state index in [1.807, 2.05) is 69.3 Å². The molecular weight excluding hydrogens is 706 g/mol. The normalized spacial score (nSPS) is 38.1. The second-order valence-electron chi connectivity index (χ2n) is 16.1. The lowest BCUT2D eigenvalue weighted by atomic mass is 9.73. The number of likely N-dealkylation sites (N-methyl/N-ethyl adjacent to an activating group) is 1. The second-order valence-corrected chi connectivity index (χ2v) is 16.1. The Kier molecular flexibility index (Phi) is 13.6. The molecule has 13 nitrogen and oxygen atoms in total. The standard InChI is InChI=1S/C42H59N3O10/c1-11-32-42(7)38(44-41(50)55-42)25(5)33(46)23(3)36(51-10)26(6)37(54-40-35(48)31(45(8)9)19-22(2)52-40)24(4)34(47)29(39(49)53-32)17-14-15-27-20-28-16-12-13-18-30(28)43-21-27/h12-16,18,20-26,29,31-32,35-38,40,48H,11,17,19H2,1-10H3,(H,44,50)/b15-14+/t22-,23+,24+,25+,26+,29?,31+,32-,35-,36+,37-,38?,40+,42-/m1/s1. The van der Waals surface area contributed by atoms with Gasteiger partial charge >= 0.3 is 12.1 Å². The molecule has 1 amide bonds. The van der Waals surface area contributed by atoms with Crippen molar-refractivity contribution in [1.29, 1.82) is 0 Å². The van der Waals surface area contributed by atoms with Crippen LogP contribution in [0.15, 0.2) is 42.6 Å². The number of cyclic esters (lactones) is 1. The summed E-state index contributed by atoms with van der Waals surface area (Å²) in [7, 11) is 5.25. The molecule has 0 saturated carbocycles. The molecular formula is C42H59N3O10. The van der Waals surface area contributed by atoms with Gasteiger partial charge in [0.2, 0.25) is 0 Å². The van der Waals surface area contributed by atoms with E-state index in [-0.39, 0.29) is 30.8 Å². The predicted molar refractivity (Wildman–Crippen MR) is 206 cm³/mol. The van der Waals surface area contributed by atoms with Gasteiger partial charge in [-0.3, -0.25) is 19.4 Å². The number of Topliss-reactive ketones (excluding diaryl/α,β-unsaturated/α-hetero) is 2. The molecule has 0 aliphatic carbocycles. The third-order valence-electron chi connectivity index (χ3n) is 12.1. The summed E-state index contributed by atoms with van der Waals surface area (Å²) in [5, 5.41) is 15.2. The summed E-state index contributed by atoms with van der Waals surface area (Å²) in [6.45, 7) is 12.4. The number of rotatable bonds is 8. The number of ketones is 2. The quantitative estimate of drug-likeness (QED) is 0.275. The summed E-state index contributed by atoms with van der Waals surface area (Å²) in [5.41, 5.74) is 0.216. The maximum absolute atomic E-state index is 14.9. The number of alkyl carbamates (subject to hydrolysis) is 1. The van der Waals surface area contributed by atoms with E-state index in [9.17, 15) is 24.3 Å². The van der Waals surface area contributed by atoms with E-state index in [1.165, 1.54) is 7.11 Å². The Bertz CT molecular complexity index is 1730. The van der Waals surface area contributed by atoms with Gasteiger partial charge in [-0.1, -0.05) is 65.0 Å². The van der Waals surface area contributed by atoms with E-state index < -0.39 is 89.8 Å². The molecule has 13 heteroatoms. The summed E-state index contributed by atoms with van der Waals surface area (Å²) < 4.78 is 30.9. The number of carbonyl (C=O) groups excluding carboxylic acids is 4. The van der Waals surface area contributed by atoms with Crippen molar-refractivity contribution >= 4 is 40.6 Å². The Morgan fingerprint density at radius 1 is 1.02 bits per heavy atom. The second kappa shape index (κ2) is 17.6. The molecule has 2 N–H and O–H groups in total. The summed E-state index contributed by atoms with van der Waals surface area (Å²) in [5.74, 6) is -5.82. The van der Waals surface area contributed by atoms with Crippen LogP contribution in [0.4, 0.5) is 4.79 Å². The highest BCUT2D eigenvalue weighted by molar-refractivity contribution is 6.00. The number of nitrogens with zero attached hydrogens (tertiary/aromatic N) is 2.